The van der Waals surface area contributed by atoms with Crippen molar-refractivity contribution in [3.05, 3.63) is 29.2 Å². The number of aromatic nitrogens is 4. The minimum Gasteiger partial charge on any atom is -0.492 e. The summed E-state index contributed by atoms with van der Waals surface area (Å²) in [6.45, 7) is 0.654. The Morgan fingerprint density at radius 3 is 3.05 bits per heavy atom. The summed E-state index contributed by atoms with van der Waals surface area (Å²) in [5, 5.41) is 11.9. The number of aromatic amines is 1. The third kappa shape index (κ3) is 2.53. The van der Waals surface area contributed by atoms with Gasteiger partial charge >= 0.3 is 0 Å². The Morgan fingerprint density at radius 2 is 2.24 bits per heavy atom. The second kappa shape index (κ2) is 5.19. The van der Waals surface area contributed by atoms with Gasteiger partial charge in [0.15, 0.2) is 11.5 Å². The first kappa shape index (κ1) is 13.0. The zero-order valence-electron chi connectivity index (χ0n) is 10.9. The molecule has 1 aliphatic heterocycles. The van der Waals surface area contributed by atoms with Crippen LogP contribution < -0.4 is 15.8 Å². The van der Waals surface area contributed by atoms with Gasteiger partial charge in [0, 0.05) is 0 Å². The first-order chi connectivity index (χ1) is 10.1. The summed E-state index contributed by atoms with van der Waals surface area (Å²) < 4.78 is 5.43. The van der Waals surface area contributed by atoms with Crippen LogP contribution in [0.2, 0.25) is 0 Å². The van der Waals surface area contributed by atoms with E-state index in [0.29, 0.717) is 12.4 Å². The summed E-state index contributed by atoms with van der Waals surface area (Å²) in [4.78, 5) is 27.3. The van der Waals surface area contributed by atoms with Crippen LogP contribution in [0.5, 0.6) is 5.75 Å². The van der Waals surface area contributed by atoms with E-state index in [1.54, 1.807) is 6.07 Å². The summed E-state index contributed by atoms with van der Waals surface area (Å²) in [6.07, 6.45) is 3.24. The van der Waals surface area contributed by atoms with Gasteiger partial charge in [0.2, 0.25) is 0 Å². The molecule has 0 saturated carbocycles. The number of ether oxygens (including phenoxy) is 1. The standard InChI is InChI=1S/C12H12N6O3/c13-10(19)9-11(17-18-16-9)15-12(20)7-4-6-2-1-3-21-8(6)5-14-7/h4-5H,1-3H2,(H2,13,19)(H2,15,16,17,18,20). The van der Waals surface area contributed by atoms with Crippen molar-refractivity contribution in [2.24, 2.45) is 5.73 Å². The van der Waals surface area contributed by atoms with Crippen molar-refractivity contribution in [1.82, 2.24) is 20.4 Å². The lowest BCUT2D eigenvalue weighted by Crippen LogP contribution is -2.20. The summed E-state index contributed by atoms with van der Waals surface area (Å²) in [5.41, 5.74) is 6.12. The van der Waals surface area contributed by atoms with Gasteiger partial charge in [0.1, 0.15) is 11.4 Å². The van der Waals surface area contributed by atoms with Crippen LogP contribution in [0, 0.1) is 0 Å². The molecule has 9 heteroatoms. The molecular weight excluding hydrogens is 276 g/mol. The van der Waals surface area contributed by atoms with E-state index in [2.05, 4.69) is 25.7 Å². The highest BCUT2D eigenvalue weighted by atomic mass is 16.5. The quantitative estimate of drug-likeness (QED) is 0.720. The van der Waals surface area contributed by atoms with E-state index in [1.165, 1.54) is 6.20 Å². The molecule has 0 fully saturated rings. The minimum absolute atomic E-state index is 0.0247. The number of anilines is 1. The largest absolute Gasteiger partial charge is 0.492 e. The van der Waals surface area contributed by atoms with Gasteiger partial charge < -0.3 is 15.8 Å². The summed E-state index contributed by atoms with van der Waals surface area (Å²) in [5.74, 6) is -0.619. The third-order valence-electron chi connectivity index (χ3n) is 3.04. The first-order valence-corrected chi connectivity index (χ1v) is 6.29. The smallest absolute Gasteiger partial charge is 0.275 e. The molecule has 0 aliphatic carbocycles. The summed E-state index contributed by atoms with van der Waals surface area (Å²) in [7, 11) is 0. The van der Waals surface area contributed by atoms with E-state index in [4.69, 9.17) is 10.5 Å². The number of carbonyl (C=O) groups excluding carboxylic acids is 2. The highest BCUT2D eigenvalue weighted by Gasteiger charge is 2.19. The van der Waals surface area contributed by atoms with Gasteiger partial charge in [-0.05, 0) is 24.5 Å². The van der Waals surface area contributed by atoms with E-state index < -0.39 is 11.8 Å². The van der Waals surface area contributed by atoms with Crippen molar-refractivity contribution in [2.45, 2.75) is 12.8 Å². The molecule has 0 atom stereocenters. The van der Waals surface area contributed by atoms with Crippen LogP contribution in [0.25, 0.3) is 0 Å². The number of aryl methyl sites for hydroxylation is 1. The molecule has 0 saturated heterocycles. The number of fused-ring (bicyclic) bond motifs is 1. The second-order valence-corrected chi connectivity index (χ2v) is 4.47. The molecule has 2 aromatic rings. The fraction of sp³-hybridized carbons (Fsp3) is 0.250. The van der Waals surface area contributed by atoms with Gasteiger partial charge in [-0.2, -0.15) is 5.21 Å². The number of carbonyl (C=O) groups is 2. The summed E-state index contributed by atoms with van der Waals surface area (Å²) >= 11 is 0. The van der Waals surface area contributed by atoms with Gasteiger partial charge in [-0.25, -0.2) is 4.98 Å². The Bertz CT molecular complexity index is 711. The van der Waals surface area contributed by atoms with Gasteiger partial charge in [0.25, 0.3) is 11.8 Å². The zero-order chi connectivity index (χ0) is 14.8. The van der Waals surface area contributed by atoms with E-state index in [-0.39, 0.29) is 17.2 Å². The topological polar surface area (TPSA) is 136 Å². The molecule has 3 heterocycles. The molecule has 4 N–H and O–H groups in total. The van der Waals surface area contributed by atoms with Gasteiger partial charge in [-0.1, -0.05) is 0 Å². The molecule has 0 unspecified atom stereocenters. The highest BCUT2D eigenvalue weighted by Crippen LogP contribution is 2.24. The molecule has 0 radical (unpaired) electrons. The van der Waals surface area contributed by atoms with Crippen molar-refractivity contribution < 1.29 is 14.3 Å². The van der Waals surface area contributed by atoms with Crippen LogP contribution in [-0.2, 0) is 6.42 Å². The molecule has 1 aliphatic rings. The average molecular weight is 288 g/mol. The van der Waals surface area contributed by atoms with Crippen LogP contribution in [0.1, 0.15) is 33.0 Å². The lowest BCUT2D eigenvalue weighted by Gasteiger charge is -2.16. The Labute approximate surface area is 118 Å². The molecule has 2 aromatic heterocycles. The molecular formula is C12H12N6O3. The number of nitrogens with two attached hydrogens (primary N) is 1. The number of hydrogen-bond donors (Lipinski definition) is 3. The van der Waals surface area contributed by atoms with E-state index in [0.717, 1.165) is 18.4 Å². The number of amides is 2. The second-order valence-electron chi connectivity index (χ2n) is 4.47. The normalized spacial score (nSPS) is 13.1. The molecule has 0 bridgehead atoms. The number of H-pyrrole nitrogens is 1. The van der Waals surface area contributed by atoms with Crippen LogP contribution in [-0.4, -0.2) is 38.8 Å². The number of pyridine rings is 1. The SMILES string of the molecule is NC(=O)c1n[nH]nc1NC(=O)c1cc2c(cn1)OCCC2. The molecule has 0 spiro atoms. The Balaban J connectivity index is 1.82. The van der Waals surface area contributed by atoms with Crippen LogP contribution >= 0.6 is 0 Å². The molecule has 2 amide bonds. The van der Waals surface area contributed by atoms with Crippen molar-refractivity contribution in [3.8, 4) is 5.75 Å². The number of rotatable bonds is 3. The van der Waals surface area contributed by atoms with Gasteiger partial charge in [-0.3, -0.25) is 9.59 Å². The molecule has 9 nitrogen and oxygen atoms in total. The number of hydrogen-bond acceptors (Lipinski definition) is 6. The van der Waals surface area contributed by atoms with Crippen molar-refractivity contribution >= 4 is 17.6 Å². The van der Waals surface area contributed by atoms with Gasteiger partial charge in [-0.15, -0.1) is 10.2 Å². The third-order valence-corrected chi connectivity index (χ3v) is 3.04. The molecule has 21 heavy (non-hydrogen) atoms. The fourth-order valence-corrected chi connectivity index (χ4v) is 2.04. The number of nitrogens with one attached hydrogen (secondary N) is 2. The van der Waals surface area contributed by atoms with E-state index in [9.17, 15) is 9.59 Å². The van der Waals surface area contributed by atoms with E-state index in [1.807, 2.05) is 0 Å². The first-order valence-electron chi connectivity index (χ1n) is 6.29. The number of nitrogens with zero attached hydrogens (tertiary/aromatic N) is 3. The Hall–Kier alpha value is -2.97. The zero-order valence-corrected chi connectivity index (χ0v) is 10.9. The lowest BCUT2D eigenvalue weighted by atomic mass is 10.1. The van der Waals surface area contributed by atoms with Crippen LogP contribution in [0.15, 0.2) is 12.3 Å². The Kier molecular flexibility index (Phi) is 3.22. The number of primary amides is 1. The van der Waals surface area contributed by atoms with Crippen molar-refractivity contribution in [3.63, 3.8) is 0 Å². The van der Waals surface area contributed by atoms with Crippen molar-refractivity contribution in [1.29, 1.82) is 0 Å². The summed E-state index contributed by atoms with van der Waals surface area (Å²) in [6, 6.07) is 1.66. The predicted molar refractivity (Wildman–Crippen MR) is 70.9 cm³/mol. The van der Waals surface area contributed by atoms with Crippen LogP contribution in [0.3, 0.4) is 0 Å². The molecule has 108 valence electrons. The molecule has 3 rings (SSSR count). The maximum atomic E-state index is 12.1. The minimum atomic E-state index is -0.786. The lowest BCUT2D eigenvalue weighted by molar-refractivity contribution is 0.0996. The average Bonchev–Trinajstić information content (AvgIpc) is 2.95. The maximum Gasteiger partial charge on any atom is 0.275 e. The monoisotopic (exact) mass is 288 g/mol. The predicted octanol–water partition coefficient (Wildman–Crippen LogP) is -0.124. The van der Waals surface area contributed by atoms with E-state index >= 15 is 0 Å². The Morgan fingerprint density at radius 1 is 1.38 bits per heavy atom. The highest BCUT2D eigenvalue weighted by molar-refractivity contribution is 6.06. The maximum absolute atomic E-state index is 12.1. The van der Waals surface area contributed by atoms with Crippen molar-refractivity contribution in [2.75, 3.05) is 11.9 Å². The fourth-order valence-electron chi connectivity index (χ4n) is 2.04. The van der Waals surface area contributed by atoms with Gasteiger partial charge in [0.05, 0.1) is 12.8 Å². The molecule has 0 aromatic carbocycles. The van der Waals surface area contributed by atoms with Crippen LogP contribution in [0.4, 0.5) is 5.82 Å².